The zero-order valence-corrected chi connectivity index (χ0v) is 12.5. The Labute approximate surface area is 117 Å². The number of hydrogen-bond donors (Lipinski definition) is 0. The Kier molecular flexibility index (Phi) is 5.88. The molecule has 7 heteroatoms. The van der Waals surface area contributed by atoms with Gasteiger partial charge in [-0.1, -0.05) is 23.2 Å². The molecule has 0 heterocycles. The van der Waals surface area contributed by atoms with Gasteiger partial charge in [0.05, 0.1) is 14.9 Å². The van der Waals surface area contributed by atoms with E-state index in [-0.39, 0.29) is 9.92 Å². The van der Waals surface area contributed by atoms with Crippen molar-refractivity contribution >= 4 is 33.2 Å². The fourth-order valence-corrected chi connectivity index (χ4v) is 2.97. The van der Waals surface area contributed by atoms with E-state index >= 15 is 0 Å². The second-order valence-corrected chi connectivity index (χ2v) is 6.61. The van der Waals surface area contributed by atoms with Crippen molar-refractivity contribution in [1.29, 1.82) is 0 Å². The Hall–Kier alpha value is -0.330. The summed E-state index contributed by atoms with van der Waals surface area (Å²) in [5, 5.41) is 0.556. The lowest BCUT2D eigenvalue weighted by atomic mass is 10.4. The number of sulfonamides is 1. The summed E-state index contributed by atoms with van der Waals surface area (Å²) in [6, 6.07) is 4.27. The summed E-state index contributed by atoms with van der Waals surface area (Å²) < 4.78 is 30.5. The molecule has 0 unspecified atom stereocenters. The van der Waals surface area contributed by atoms with E-state index in [2.05, 4.69) is 0 Å². The Morgan fingerprint density at radius 2 is 1.94 bits per heavy atom. The minimum Gasteiger partial charge on any atom is -0.385 e. The first-order valence-electron chi connectivity index (χ1n) is 5.30. The molecule has 0 aliphatic heterocycles. The van der Waals surface area contributed by atoms with Gasteiger partial charge in [-0.2, -0.15) is 0 Å². The molecule has 1 aromatic carbocycles. The lowest BCUT2D eigenvalue weighted by Gasteiger charge is -2.17. The zero-order valence-electron chi connectivity index (χ0n) is 10.2. The van der Waals surface area contributed by atoms with E-state index in [9.17, 15) is 8.42 Å². The van der Waals surface area contributed by atoms with E-state index in [1.807, 2.05) is 0 Å². The lowest BCUT2D eigenvalue weighted by Crippen LogP contribution is -2.28. The third-order valence-corrected chi connectivity index (χ3v) is 5.01. The lowest BCUT2D eigenvalue weighted by molar-refractivity contribution is 0.189. The van der Waals surface area contributed by atoms with Crippen molar-refractivity contribution in [3.63, 3.8) is 0 Å². The summed E-state index contributed by atoms with van der Waals surface area (Å²) in [6.45, 7) is 0.900. The van der Waals surface area contributed by atoms with Crippen LogP contribution in [-0.2, 0) is 14.8 Å². The molecule has 1 rings (SSSR count). The van der Waals surface area contributed by atoms with Crippen LogP contribution >= 0.6 is 23.2 Å². The smallest absolute Gasteiger partial charge is 0.242 e. The van der Waals surface area contributed by atoms with Gasteiger partial charge in [0.2, 0.25) is 10.0 Å². The first-order valence-corrected chi connectivity index (χ1v) is 7.49. The van der Waals surface area contributed by atoms with Crippen LogP contribution in [0, 0.1) is 0 Å². The Morgan fingerprint density at radius 3 is 2.50 bits per heavy atom. The van der Waals surface area contributed by atoms with Crippen molar-refractivity contribution < 1.29 is 13.2 Å². The van der Waals surface area contributed by atoms with Crippen molar-refractivity contribution in [2.75, 3.05) is 27.3 Å². The number of nitrogens with zero attached hydrogens (tertiary/aromatic N) is 1. The van der Waals surface area contributed by atoms with Gasteiger partial charge in [-0.05, 0) is 24.6 Å². The average Bonchev–Trinajstić information content (AvgIpc) is 2.32. The minimum atomic E-state index is -3.52. The molecule has 1 aromatic rings. The number of rotatable bonds is 6. The first kappa shape index (κ1) is 15.7. The maximum atomic E-state index is 12.2. The number of halogens is 2. The molecule has 102 valence electrons. The molecule has 0 bridgehead atoms. The maximum absolute atomic E-state index is 12.2. The predicted molar refractivity (Wildman–Crippen MR) is 72.8 cm³/mol. The molecule has 0 radical (unpaired) electrons. The van der Waals surface area contributed by atoms with Gasteiger partial charge < -0.3 is 4.74 Å². The zero-order chi connectivity index (χ0) is 13.8. The molecule has 0 atom stereocenters. The highest BCUT2D eigenvalue weighted by Crippen LogP contribution is 2.26. The van der Waals surface area contributed by atoms with Crippen LogP contribution in [0.3, 0.4) is 0 Å². The molecule has 0 aliphatic rings. The van der Waals surface area contributed by atoms with Crippen LogP contribution in [0.5, 0.6) is 0 Å². The SMILES string of the molecule is COCCCN(C)S(=O)(=O)c1ccc(Cl)c(Cl)c1. The summed E-state index contributed by atoms with van der Waals surface area (Å²) in [5.41, 5.74) is 0. The van der Waals surface area contributed by atoms with Crippen molar-refractivity contribution in [3.05, 3.63) is 28.2 Å². The molecule has 4 nitrogen and oxygen atoms in total. The van der Waals surface area contributed by atoms with E-state index in [1.54, 1.807) is 7.11 Å². The molecule has 0 spiro atoms. The number of methoxy groups -OCH3 is 1. The van der Waals surface area contributed by atoms with E-state index < -0.39 is 10.0 Å². The standard InChI is InChI=1S/C11H15Cl2NO3S/c1-14(6-3-7-17-2)18(15,16)9-4-5-10(12)11(13)8-9/h4-5,8H,3,6-7H2,1-2H3. The van der Waals surface area contributed by atoms with Gasteiger partial charge in [-0.3, -0.25) is 0 Å². The Balaban J connectivity index is 2.88. The van der Waals surface area contributed by atoms with Gasteiger partial charge in [-0.15, -0.1) is 0 Å². The van der Waals surface area contributed by atoms with Crippen LogP contribution in [0.1, 0.15) is 6.42 Å². The van der Waals surface area contributed by atoms with Gasteiger partial charge in [0.15, 0.2) is 0 Å². The highest BCUT2D eigenvalue weighted by atomic mass is 35.5. The summed E-state index contributed by atoms with van der Waals surface area (Å²) in [7, 11) is -0.426. The Bertz CT molecular complexity index is 505. The van der Waals surface area contributed by atoms with Gasteiger partial charge >= 0.3 is 0 Å². The summed E-state index contributed by atoms with van der Waals surface area (Å²) in [4.78, 5) is 0.136. The predicted octanol–water partition coefficient (Wildman–Crippen LogP) is 2.65. The number of benzene rings is 1. The van der Waals surface area contributed by atoms with Crippen LogP contribution in [0.2, 0.25) is 10.0 Å². The summed E-state index contributed by atoms with van der Waals surface area (Å²) in [5.74, 6) is 0. The quantitative estimate of drug-likeness (QED) is 0.759. The first-order chi connectivity index (χ1) is 8.39. The highest BCUT2D eigenvalue weighted by Gasteiger charge is 2.21. The van der Waals surface area contributed by atoms with Crippen molar-refractivity contribution in [1.82, 2.24) is 4.31 Å². The fraction of sp³-hybridized carbons (Fsp3) is 0.455. The molecule has 18 heavy (non-hydrogen) atoms. The van der Waals surface area contributed by atoms with E-state index in [4.69, 9.17) is 27.9 Å². The van der Waals surface area contributed by atoms with Crippen LogP contribution in [0.25, 0.3) is 0 Å². The molecule has 0 fully saturated rings. The van der Waals surface area contributed by atoms with Gasteiger partial charge in [-0.25, -0.2) is 12.7 Å². The van der Waals surface area contributed by atoms with Gasteiger partial charge in [0.1, 0.15) is 0 Å². The minimum absolute atomic E-state index is 0.136. The largest absolute Gasteiger partial charge is 0.385 e. The maximum Gasteiger partial charge on any atom is 0.242 e. The third kappa shape index (κ3) is 3.83. The van der Waals surface area contributed by atoms with Crippen molar-refractivity contribution in [2.24, 2.45) is 0 Å². The highest BCUT2D eigenvalue weighted by molar-refractivity contribution is 7.89. The monoisotopic (exact) mass is 311 g/mol. The van der Waals surface area contributed by atoms with E-state index in [0.717, 1.165) is 0 Å². The van der Waals surface area contributed by atoms with Gasteiger partial charge in [0.25, 0.3) is 0 Å². The van der Waals surface area contributed by atoms with Crippen LogP contribution < -0.4 is 0 Å². The number of ether oxygens (including phenoxy) is 1. The van der Waals surface area contributed by atoms with Crippen molar-refractivity contribution in [2.45, 2.75) is 11.3 Å². The molecular formula is C11H15Cl2NO3S. The fourth-order valence-electron chi connectivity index (χ4n) is 1.37. The van der Waals surface area contributed by atoms with Gasteiger partial charge in [0, 0.05) is 27.3 Å². The van der Waals surface area contributed by atoms with E-state index in [1.165, 1.54) is 29.6 Å². The van der Waals surface area contributed by atoms with Crippen molar-refractivity contribution in [3.8, 4) is 0 Å². The van der Waals surface area contributed by atoms with Crippen LogP contribution in [0.15, 0.2) is 23.1 Å². The molecule has 0 aromatic heterocycles. The average molecular weight is 312 g/mol. The molecular weight excluding hydrogens is 297 g/mol. The summed E-state index contributed by atoms with van der Waals surface area (Å²) in [6.07, 6.45) is 0.632. The second kappa shape index (κ2) is 6.73. The second-order valence-electron chi connectivity index (χ2n) is 3.75. The third-order valence-electron chi connectivity index (χ3n) is 2.42. The van der Waals surface area contributed by atoms with Crippen LogP contribution in [-0.4, -0.2) is 40.0 Å². The van der Waals surface area contributed by atoms with Crippen LogP contribution in [0.4, 0.5) is 0 Å². The molecule has 0 amide bonds. The molecule has 0 saturated heterocycles. The van der Waals surface area contributed by atoms with E-state index in [0.29, 0.717) is 24.6 Å². The topological polar surface area (TPSA) is 46.6 Å². The number of hydrogen-bond acceptors (Lipinski definition) is 3. The summed E-state index contributed by atoms with van der Waals surface area (Å²) >= 11 is 11.6. The molecule has 0 aliphatic carbocycles. The molecule has 0 saturated carbocycles. The normalized spacial score (nSPS) is 12.1. The molecule has 0 N–H and O–H groups in total. The Morgan fingerprint density at radius 1 is 1.28 bits per heavy atom.